The van der Waals surface area contributed by atoms with Crippen LogP contribution in [0.15, 0.2) is 57.9 Å². The van der Waals surface area contributed by atoms with Crippen LogP contribution < -0.4 is 10.6 Å². The molecule has 1 saturated carbocycles. The average molecular weight is 514 g/mol. The molecule has 0 radical (unpaired) electrons. The van der Waals surface area contributed by atoms with Gasteiger partial charge in [0.2, 0.25) is 0 Å². The van der Waals surface area contributed by atoms with Crippen molar-refractivity contribution >= 4 is 23.2 Å². The number of pyridine rings is 1. The molecule has 3 aromatic heterocycles. The van der Waals surface area contributed by atoms with Gasteiger partial charge < -0.3 is 19.7 Å². The Balaban J connectivity index is 1.29. The van der Waals surface area contributed by atoms with Crippen molar-refractivity contribution in [3.05, 3.63) is 77.1 Å². The fourth-order valence-electron chi connectivity index (χ4n) is 5.15. The fraction of sp³-hybridized carbons (Fsp3) is 0.345. The lowest BCUT2D eigenvalue weighted by Crippen LogP contribution is -2.46. The van der Waals surface area contributed by atoms with Crippen molar-refractivity contribution in [2.75, 3.05) is 5.32 Å². The number of aryl methyl sites for hydroxylation is 3. The number of amides is 1. The molecule has 0 saturated heterocycles. The molecule has 0 bridgehead atoms. The van der Waals surface area contributed by atoms with Gasteiger partial charge in [0.1, 0.15) is 23.4 Å². The number of carbonyl (C=O) groups excluding carboxylic acids is 2. The Morgan fingerprint density at radius 3 is 2.32 bits per heavy atom. The van der Waals surface area contributed by atoms with Crippen LogP contribution in [0, 0.1) is 26.7 Å². The number of aromatic nitrogens is 3. The summed E-state index contributed by atoms with van der Waals surface area (Å²) in [5.74, 6) is 1.10. The Bertz CT molecular complexity index is 1400. The average Bonchev–Trinajstić information content (AvgIpc) is 3.52. The Labute approximate surface area is 221 Å². The first-order valence-electron chi connectivity index (χ1n) is 12.9. The van der Waals surface area contributed by atoms with Gasteiger partial charge in [0.05, 0.1) is 17.4 Å². The second-order valence-corrected chi connectivity index (χ2v) is 9.86. The third kappa shape index (κ3) is 5.37. The number of ketones is 1. The van der Waals surface area contributed by atoms with Crippen LogP contribution in [-0.4, -0.2) is 33.0 Å². The minimum Gasteiger partial charge on any atom is -0.364 e. The zero-order valence-electron chi connectivity index (χ0n) is 21.8. The lowest BCUT2D eigenvalue weighted by Gasteiger charge is -2.30. The Kier molecular flexibility index (Phi) is 7.35. The van der Waals surface area contributed by atoms with Crippen LogP contribution in [0.4, 0.5) is 11.5 Å². The highest BCUT2D eigenvalue weighted by Gasteiger charge is 2.32. The van der Waals surface area contributed by atoms with Crippen LogP contribution in [0.3, 0.4) is 0 Å². The molecular formula is C29H31N5O4. The molecule has 1 amide bonds. The van der Waals surface area contributed by atoms with Gasteiger partial charge in [-0.25, -0.2) is 4.98 Å². The van der Waals surface area contributed by atoms with E-state index in [2.05, 4.69) is 25.9 Å². The molecule has 3 heterocycles. The number of hydrogen-bond donors (Lipinski definition) is 2. The highest BCUT2D eigenvalue weighted by Crippen LogP contribution is 2.30. The number of nitrogens with one attached hydrogen (secondary N) is 2. The SMILES string of the molecule is Cc1nocc1C(=O)N[C@H](C(=O)c1ccc(Nc2ccc(-c3c(C)noc3C)cn2)cc1)C1CCCCC1. The summed E-state index contributed by atoms with van der Waals surface area (Å²) in [5, 5.41) is 14.0. The predicted octanol–water partition coefficient (Wildman–Crippen LogP) is 5.96. The van der Waals surface area contributed by atoms with E-state index in [1.807, 2.05) is 38.1 Å². The van der Waals surface area contributed by atoms with Crippen LogP contribution in [0.2, 0.25) is 0 Å². The molecule has 1 aliphatic carbocycles. The molecule has 4 aromatic rings. The van der Waals surface area contributed by atoms with Crippen molar-refractivity contribution in [3.8, 4) is 11.1 Å². The van der Waals surface area contributed by atoms with Gasteiger partial charge in [0, 0.05) is 28.6 Å². The molecule has 1 aromatic carbocycles. The van der Waals surface area contributed by atoms with Gasteiger partial charge in [-0.3, -0.25) is 9.59 Å². The monoisotopic (exact) mass is 513 g/mol. The highest BCUT2D eigenvalue weighted by atomic mass is 16.5. The fourth-order valence-corrected chi connectivity index (χ4v) is 5.15. The van der Waals surface area contributed by atoms with Gasteiger partial charge in [-0.15, -0.1) is 0 Å². The van der Waals surface area contributed by atoms with E-state index in [1.54, 1.807) is 25.3 Å². The molecule has 9 heteroatoms. The molecule has 1 atom stereocenters. The van der Waals surface area contributed by atoms with Gasteiger partial charge in [0.25, 0.3) is 5.91 Å². The maximum Gasteiger partial charge on any atom is 0.257 e. The minimum atomic E-state index is -0.602. The first kappa shape index (κ1) is 25.4. The van der Waals surface area contributed by atoms with Gasteiger partial charge >= 0.3 is 0 Å². The van der Waals surface area contributed by atoms with E-state index >= 15 is 0 Å². The van der Waals surface area contributed by atoms with Crippen LogP contribution in [0.5, 0.6) is 0 Å². The van der Waals surface area contributed by atoms with Gasteiger partial charge in [0.15, 0.2) is 5.78 Å². The van der Waals surface area contributed by atoms with E-state index in [1.165, 1.54) is 6.26 Å². The minimum absolute atomic E-state index is 0.0900. The third-order valence-corrected chi connectivity index (χ3v) is 7.21. The van der Waals surface area contributed by atoms with E-state index in [9.17, 15) is 9.59 Å². The van der Waals surface area contributed by atoms with Gasteiger partial charge in [-0.05, 0) is 75.9 Å². The maximum absolute atomic E-state index is 13.6. The number of Topliss-reactive ketones (excluding diaryl/α,β-unsaturated/α-hetero) is 1. The zero-order chi connectivity index (χ0) is 26.6. The number of carbonyl (C=O) groups is 2. The second kappa shape index (κ2) is 11.0. The van der Waals surface area contributed by atoms with Crippen molar-refractivity contribution < 1.29 is 18.6 Å². The molecule has 0 aliphatic heterocycles. The lowest BCUT2D eigenvalue weighted by atomic mass is 9.81. The summed E-state index contributed by atoms with van der Waals surface area (Å²) in [4.78, 5) is 31.0. The Morgan fingerprint density at radius 1 is 0.947 bits per heavy atom. The number of rotatable bonds is 8. The highest BCUT2D eigenvalue weighted by molar-refractivity contribution is 6.04. The summed E-state index contributed by atoms with van der Waals surface area (Å²) in [6.45, 7) is 5.49. The van der Waals surface area contributed by atoms with Crippen molar-refractivity contribution in [3.63, 3.8) is 0 Å². The molecule has 5 rings (SSSR count). The van der Waals surface area contributed by atoms with Gasteiger partial charge in [-0.1, -0.05) is 29.6 Å². The summed E-state index contributed by atoms with van der Waals surface area (Å²) < 4.78 is 10.2. The number of nitrogens with zero attached hydrogens (tertiary/aromatic N) is 3. The molecule has 38 heavy (non-hydrogen) atoms. The lowest BCUT2D eigenvalue weighted by molar-refractivity contribution is 0.0802. The van der Waals surface area contributed by atoms with Gasteiger partial charge in [-0.2, -0.15) is 0 Å². The molecule has 196 valence electrons. The van der Waals surface area contributed by atoms with E-state index in [-0.39, 0.29) is 17.6 Å². The van der Waals surface area contributed by atoms with Crippen LogP contribution in [-0.2, 0) is 0 Å². The Morgan fingerprint density at radius 2 is 1.71 bits per heavy atom. The largest absolute Gasteiger partial charge is 0.364 e. The first-order valence-corrected chi connectivity index (χ1v) is 12.9. The third-order valence-electron chi connectivity index (χ3n) is 7.21. The first-order chi connectivity index (χ1) is 18.4. The number of benzene rings is 1. The van der Waals surface area contributed by atoms with Crippen molar-refractivity contribution in [1.29, 1.82) is 0 Å². The smallest absolute Gasteiger partial charge is 0.257 e. The molecule has 0 spiro atoms. The summed E-state index contributed by atoms with van der Waals surface area (Å²) in [7, 11) is 0. The molecule has 2 N–H and O–H groups in total. The van der Waals surface area contributed by atoms with E-state index in [4.69, 9.17) is 9.05 Å². The predicted molar refractivity (Wildman–Crippen MR) is 142 cm³/mol. The summed E-state index contributed by atoms with van der Waals surface area (Å²) in [5.41, 5.74) is 4.92. The Hall–Kier alpha value is -4.27. The van der Waals surface area contributed by atoms with E-state index in [0.29, 0.717) is 22.6 Å². The van der Waals surface area contributed by atoms with E-state index < -0.39 is 6.04 Å². The standard InChI is InChI=1S/C29H31N5O4/c1-17-24(16-37-33-17)29(36)32-27(20-7-5-4-6-8-20)28(35)21-9-12-23(13-10-21)31-25-14-11-22(15-30-25)26-18(2)34-38-19(26)3/h9-16,20,27H,4-8H2,1-3H3,(H,30,31)(H,32,36)/t27-/m0/s1. The zero-order valence-corrected chi connectivity index (χ0v) is 21.8. The molecule has 0 unspecified atom stereocenters. The second-order valence-electron chi connectivity index (χ2n) is 9.86. The molecule has 1 aliphatic rings. The normalized spacial score (nSPS) is 14.7. The van der Waals surface area contributed by atoms with Crippen molar-refractivity contribution in [1.82, 2.24) is 20.6 Å². The van der Waals surface area contributed by atoms with Crippen LogP contribution >= 0.6 is 0 Å². The topological polar surface area (TPSA) is 123 Å². The van der Waals surface area contributed by atoms with Crippen LogP contribution in [0.1, 0.15) is 70.0 Å². The number of hydrogen-bond acceptors (Lipinski definition) is 8. The van der Waals surface area contributed by atoms with Crippen molar-refractivity contribution in [2.24, 2.45) is 5.92 Å². The maximum atomic E-state index is 13.6. The number of anilines is 2. The molecule has 9 nitrogen and oxygen atoms in total. The summed E-state index contributed by atoms with van der Waals surface area (Å²) >= 11 is 0. The summed E-state index contributed by atoms with van der Waals surface area (Å²) in [6, 6.07) is 10.5. The molecular weight excluding hydrogens is 482 g/mol. The molecule has 1 fully saturated rings. The van der Waals surface area contributed by atoms with Crippen molar-refractivity contribution in [2.45, 2.75) is 58.9 Å². The van der Waals surface area contributed by atoms with Crippen LogP contribution in [0.25, 0.3) is 11.1 Å². The quantitative estimate of drug-likeness (QED) is 0.277. The van der Waals surface area contributed by atoms with E-state index in [0.717, 1.165) is 60.4 Å². The summed E-state index contributed by atoms with van der Waals surface area (Å²) in [6.07, 6.45) is 8.19.